The van der Waals surface area contributed by atoms with Gasteiger partial charge in [0.15, 0.2) is 0 Å². The van der Waals surface area contributed by atoms with Crippen molar-refractivity contribution in [1.82, 2.24) is 9.78 Å². The zero-order valence-electron chi connectivity index (χ0n) is 21.7. The molecular weight excluding hydrogens is 480 g/mol. The third-order valence-electron chi connectivity index (χ3n) is 7.06. The van der Waals surface area contributed by atoms with Gasteiger partial charge in [-0.3, -0.25) is 9.48 Å². The highest BCUT2D eigenvalue weighted by Crippen LogP contribution is 2.32. The molecule has 0 radical (unpaired) electrons. The third-order valence-corrected chi connectivity index (χ3v) is 7.06. The number of hydrogen-bond donors (Lipinski definition) is 3. The van der Waals surface area contributed by atoms with Crippen molar-refractivity contribution in [2.45, 2.75) is 89.6 Å². The first-order valence-electron chi connectivity index (χ1n) is 13.1. The second-order valence-electron chi connectivity index (χ2n) is 9.74. The van der Waals surface area contributed by atoms with E-state index < -0.39 is 36.7 Å². The van der Waals surface area contributed by atoms with Crippen LogP contribution in [0.1, 0.15) is 61.5 Å². The van der Waals surface area contributed by atoms with E-state index in [0.29, 0.717) is 26.1 Å². The molecule has 10 nitrogen and oxygen atoms in total. The number of carbonyl (C=O) groups is 1. The first kappa shape index (κ1) is 27.5. The highest BCUT2D eigenvalue weighted by Gasteiger charge is 2.46. The molecule has 2 unspecified atom stereocenters. The van der Waals surface area contributed by atoms with Gasteiger partial charge in [0.05, 0.1) is 12.6 Å². The maximum Gasteiger partial charge on any atom is 0.305 e. The fourth-order valence-corrected chi connectivity index (χ4v) is 4.70. The molecule has 1 aromatic carbocycles. The molecule has 0 spiro atoms. The number of esters is 1. The molecule has 0 aliphatic carbocycles. The number of rotatable bonds is 10. The van der Waals surface area contributed by atoms with E-state index in [1.54, 1.807) is 0 Å². The third kappa shape index (κ3) is 6.32. The number of ether oxygens (including phenoxy) is 4. The lowest BCUT2D eigenvalue weighted by Gasteiger charge is -2.39. The average molecular weight is 519 g/mol. The number of nitrogens with zero attached hydrogens (tertiary/aromatic N) is 2. The molecule has 6 atom stereocenters. The predicted octanol–water partition coefficient (Wildman–Crippen LogP) is 1.84. The molecular formula is C27H38N2O8. The molecule has 2 aliphatic rings. The Hall–Kier alpha value is -2.50. The van der Waals surface area contributed by atoms with Crippen molar-refractivity contribution in [3.05, 3.63) is 46.6 Å². The largest absolute Gasteiger partial charge is 0.463 e. The van der Waals surface area contributed by atoms with E-state index in [1.165, 1.54) is 5.56 Å². The second-order valence-corrected chi connectivity index (χ2v) is 9.74. The van der Waals surface area contributed by atoms with Crippen LogP contribution in [0, 0.1) is 6.92 Å². The van der Waals surface area contributed by atoms with Crippen LogP contribution in [0.5, 0.6) is 5.88 Å². The molecule has 0 bridgehead atoms. The maximum absolute atomic E-state index is 11.8. The number of aromatic nitrogens is 2. The first-order valence-corrected chi connectivity index (χ1v) is 13.1. The van der Waals surface area contributed by atoms with Crippen molar-refractivity contribution in [2.24, 2.45) is 0 Å². The quantitative estimate of drug-likeness (QED) is 0.403. The lowest BCUT2D eigenvalue weighted by molar-refractivity contribution is -0.279. The summed E-state index contributed by atoms with van der Waals surface area (Å²) < 4.78 is 24.5. The smallest absolute Gasteiger partial charge is 0.305 e. The highest BCUT2D eigenvalue weighted by molar-refractivity contribution is 5.69. The van der Waals surface area contributed by atoms with Crippen molar-refractivity contribution in [3.8, 4) is 5.88 Å². The topological polar surface area (TPSA) is 132 Å². The normalized spacial score (nSPS) is 27.8. The monoisotopic (exact) mass is 518 g/mol. The Labute approximate surface area is 217 Å². The van der Waals surface area contributed by atoms with E-state index in [1.807, 2.05) is 18.5 Å². The van der Waals surface area contributed by atoms with Crippen LogP contribution < -0.4 is 4.74 Å². The van der Waals surface area contributed by atoms with E-state index in [4.69, 9.17) is 24.0 Å². The van der Waals surface area contributed by atoms with Crippen LogP contribution in [0.25, 0.3) is 0 Å². The van der Waals surface area contributed by atoms with Gasteiger partial charge in [-0.25, -0.2) is 0 Å². The van der Waals surface area contributed by atoms with Gasteiger partial charge in [0.2, 0.25) is 12.2 Å². The number of aryl methyl sites for hydroxylation is 1. The molecule has 204 valence electrons. The summed E-state index contributed by atoms with van der Waals surface area (Å²) in [6, 6.07) is 8.40. The number of benzene rings is 1. The van der Waals surface area contributed by atoms with Crippen LogP contribution in [-0.4, -0.2) is 81.6 Å². The minimum Gasteiger partial charge on any atom is -0.463 e. The standard InChI is InChI=1S/C27H38N2O8/c1-4-6-22(30)35-15-21-23(31)24(32)25(33)27(36-21)37-26-20(13-18-9-7-17(5-2)8-10-18)16(3)29(28-26)19-11-12-34-14-19/h7-10,19,21,23-25,27,31-33H,4-6,11-15H2,1-3H3/t19?,21-,23-,24?,25-,27+/m1/s1. The molecule has 2 saturated heterocycles. The van der Waals surface area contributed by atoms with Crippen LogP contribution in [0.4, 0.5) is 0 Å². The van der Waals surface area contributed by atoms with Crippen LogP contribution in [0.15, 0.2) is 24.3 Å². The Balaban J connectivity index is 1.57. The van der Waals surface area contributed by atoms with Gasteiger partial charge in [-0.05, 0) is 37.3 Å². The number of carbonyl (C=O) groups excluding carboxylic acids is 1. The summed E-state index contributed by atoms with van der Waals surface area (Å²) in [5.41, 5.74) is 4.07. The van der Waals surface area contributed by atoms with Gasteiger partial charge >= 0.3 is 5.97 Å². The zero-order chi connectivity index (χ0) is 26.5. The Morgan fingerprint density at radius 2 is 1.84 bits per heavy atom. The molecule has 2 fully saturated rings. The second kappa shape index (κ2) is 12.4. The van der Waals surface area contributed by atoms with E-state index in [9.17, 15) is 20.1 Å². The summed E-state index contributed by atoms with van der Waals surface area (Å²) in [5.74, 6) is -0.153. The Kier molecular flexibility index (Phi) is 9.20. The molecule has 2 aromatic rings. The number of aliphatic hydroxyl groups is 3. The lowest BCUT2D eigenvalue weighted by Crippen LogP contribution is -2.60. The minimum atomic E-state index is -1.55. The Morgan fingerprint density at radius 1 is 1.11 bits per heavy atom. The number of aliphatic hydroxyl groups excluding tert-OH is 3. The summed E-state index contributed by atoms with van der Waals surface area (Å²) in [5, 5.41) is 36.2. The van der Waals surface area contributed by atoms with E-state index in [2.05, 4.69) is 31.2 Å². The van der Waals surface area contributed by atoms with Gasteiger partial charge in [0.25, 0.3) is 0 Å². The average Bonchev–Trinajstić information content (AvgIpc) is 3.53. The van der Waals surface area contributed by atoms with Gasteiger partial charge in [-0.15, -0.1) is 5.10 Å². The molecule has 10 heteroatoms. The molecule has 0 saturated carbocycles. The van der Waals surface area contributed by atoms with Crippen molar-refractivity contribution in [3.63, 3.8) is 0 Å². The summed E-state index contributed by atoms with van der Waals surface area (Å²) in [6.45, 7) is 6.86. The fraction of sp³-hybridized carbons (Fsp3) is 0.630. The van der Waals surface area contributed by atoms with Gasteiger partial charge < -0.3 is 34.3 Å². The predicted molar refractivity (Wildman–Crippen MR) is 133 cm³/mol. The summed E-state index contributed by atoms with van der Waals surface area (Å²) in [7, 11) is 0. The van der Waals surface area contributed by atoms with E-state index in [0.717, 1.165) is 29.7 Å². The summed E-state index contributed by atoms with van der Waals surface area (Å²) in [6.07, 6.45) is -3.74. The van der Waals surface area contributed by atoms with Crippen molar-refractivity contribution in [1.29, 1.82) is 0 Å². The molecule has 3 N–H and O–H groups in total. The van der Waals surface area contributed by atoms with Gasteiger partial charge in [-0.2, -0.15) is 0 Å². The molecule has 3 heterocycles. The molecule has 37 heavy (non-hydrogen) atoms. The van der Waals surface area contributed by atoms with Crippen LogP contribution >= 0.6 is 0 Å². The van der Waals surface area contributed by atoms with Crippen LogP contribution in [0.2, 0.25) is 0 Å². The van der Waals surface area contributed by atoms with E-state index >= 15 is 0 Å². The summed E-state index contributed by atoms with van der Waals surface area (Å²) >= 11 is 0. The maximum atomic E-state index is 11.8. The minimum absolute atomic E-state index is 0.0638. The molecule has 0 amide bonds. The van der Waals surface area contributed by atoms with Crippen molar-refractivity contribution >= 4 is 5.97 Å². The fourth-order valence-electron chi connectivity index (χ4n) is 4.70. The Morgan fingerprint density at radius 3 is 2.49 bits per heavy atom. The van der Waals surface area contributed by atoms with Gasteiger partial charge in [-0.1, -0.05) is 38.1 Å². The Bertz CT molecular complexity index is 1030. The van der Waals surface area contributed by atoms with Gasteiger partial charge in [0.1, 0.15) is 31.0 Å². The highest BCUT2D eigenvalue weighted by atomic mass is 16.7. The molecule has 4 rings (SSSR count). The molecule has 2 aliphatic heterocycles. The van der Waals surface area contributed by atoms with Crippen molar-refractivity contribution in [2.75, 3.05) is 19.8 Å². The first-order chi connectivity index (χ1) is 17.8. The zero-order valence-corrected chi connectivity index (χ0v) is 21.7. The molecule has 1 aromatic heterocycles. The number of hydrogen-bond acceptors (Lipinski definition) is 9. The summed E-state index contributed by atoms with van der Waals surface area (Å²) in [4.78, 5) is 11.8. The van der Waals surface area contributed by atoms with Crippen LogP contribution in [0.3, 0.4) is 0 Å². The van der Waals surface area contributed by atoms with Crippen molar-refractivity contribution < 1.29 is 39.1 Å². The lowest BCUT2D eigenvalue weighted by atomic mass is 9.99. The SMILES string of the molecule is CCCC(=O)OC[C@H]1O[C@@H](Oc2nn(C3CCOC3)c(C)c2Cc2ccc(CC)cc2)[C@H](O)C(O)[C@@H]1O. The van der Waals surface area contributed by atoms with Crippen LogP contribution in [-0.2, 0) is 31.8 Å². The van der Waals surface area contributed by atoms with Gasteiger partial charge in [0, 0.05) is 30.7 Å². The van der Waals surface area contributed by atoms with E-state index in [-0.39, 0.29) is 24.9 Å².